The third-order valence-electron chi connectivity index (χ3n) is 3.06. The van der Waals surface area contributed by atoms with Crippen LogP contribution in [0.15, 0.2) is 40.9 Å². The molecule has 0 heterocycles. The van der Waals surface area contributed by atoms with E-state index in [2.05, 4.69) is 15.9 Å². The first-order valence-electron chi connectivity index (χ1n) is 5.77. The molecule has 1 atom stereocenters. The zero-order chi connectivity index (χ0) is 13.3. The van der Waals surface area contributed by atoms with Gasteiger partial charge in [-0.1, -0.05) is 46.3 Å². The van der Waals surface area contributed by atoms with E-state index in [0.717, 1.165) is 15.6 Å². The number of halogens is 2. The fourth-order valence-corrected chi connectivity index (χ4v) is 2.60. The fourth-order valence-electron chi connectivity index (χ4n) is 2.07. The van der Waals surface area contributed by atoms with Crippen molar-refractivity contribution in [2.24, 2.45) is 5.73 Å². The lowest BCUT2D eigenvalue weighted by Gasteiger charge is -2.16. The van der Waals surface area contributed by atoms with Crippen molar-refractivity contribution in [2.45, 2.75) is 19.9 Å². The van der Waals surface area contributed by atoms with Gasteiger partial charge in [0.2, 0.25) is 0 Å². The van der Waals surface area contributed by atoms with E-state index in [4.69, 9.17) is 5.73 Å². The van der Waals surface area contributed by atoms with Gasteiger partial charge in [-0.15, -0.1) is 0 Å². The fraction of sp³-hybridized carbons (Fsp3) is 0.200. The second kappa shape index (κ2) is 5.21. The zero-order valence-corrected chi connectivity index (χ0v) is 12.0. The molecule has 0 fully saturated rings. The molecule has 0 aliphatic heterocycles. The van der Waals surface area contributed by atoms with E-state index in [-0.39, 0.29) is 11.9 Å². The summed E-state index contributed by atoms with van der Waals surface area (Å²) in [6, 6.07) is 11.2. The van der Waals surface area contributed by atoms with Crippen LogP contribution in [0, 0.1) is 19.7 Å². The molecule has 18 heavy (non-hydrogen) atoms. The van der Waals surface area contributed by atoms with Gasteiger partial charge >= 0.3 is 0 Å². The molecule has 0 aliphatic carbocycles. The van der Waals surface area contributed by atoms with Gasteiger partial charge in [-0.25, -0.2) is 4.39 Å². The Hall–Kier alpha value is -1.19. The molecule has 0 aliphatic rings. The molecule has 0 radical (unpaired) electrons. The average molecular weight is 308 g/mol. The number of nitrogens with two attached hydrogens (primary N) is 1. The van der Waals surface area contributed by atoms with Crippen LogP contribution in [0.25, 0.3) is 0 Å². The number of aryl methyl sites for hydroxylation is 2. The molecular formula is C15H15BrFN. The Morgan fingerprint density at radius 3 is 2.22 bits per heavy atom. The van der Waals surface area contributed by atoms with Gasteiger partial charge in [0.05, 0.1) is 6.04 Å². The Balaban J connectivity index is 2.47. The Kier molecular flexibility index (Phi) is 3.83. The van der Waals surface area contributed by atoms with Crippen LogP contribution in [0.4, 0.5) is 4.39 Å². The monoisotopic (exact) mass is 307 g/mol. The van der Waals surface area contributed by atoms with Crippen LogP contribution in [0.1, 0.15) is 28.3 Å². The van der Waals surface area contributed by atoms with Gasteiger partial charge < -0.3 is 5.73 Å². The Morgan fingerprint density at radius 1 is 1.11 bits per heavy atom. The molecule has 94 valence electrons. The Labute approximate surface area is 115 Å². The first-order chi connectivity index (χ1) is 8.50. The van der Waals surface area contributed by atoms with Crippen molar-refractivity contribution in [2.75, 3.05) is 0 Å². The molecule has 0 saturated heterocycles. The number of benzene rings is 2. The van der Waals surface area contributed by atoms with Crippen LogP contribution in [0.2, 0.25) is 0 Å². The molecule has 0 spiro atoms. The van der Waals surface area contributed by atoms with E-state index in [1.54, 1.807) is 13.8 Å². The minimum atomic E-state index is -0.251. The zero-order valence-electron chi connectivity index (χ0n) is 10.4. The van der Waals surface area contributed by atoms with Crippen LogP contribution < -0.4 is 5.73 Å². The molecule has 2 N–H and O–H groups in total. The second-order valence-corrected chi connectivity index (χ2v) is 5.32. The first-order valence-corrected chi connectivity index (χ1v) is 6.56. The van der Waals surface area contributed by atoms with Crippen LogP contribution in [0.5, 0.6) is 0 Å². The van der Waals surface area contributed by atoms with Crippen molar-refractivity contribution in [1.29, 1.82) is 0 Å². The van der Waals surface area contributed by atoms with Crippen LogP contribution in [0.3, 0.4) is 0 Å². The maximum atomic E-state index is 13.6. The van der Waals surface area contributed by atoms with E-state index in [1.165, 1.54) is 0 Å². The SMILES string of the molecule is Cc1cc(C(N)c2ccccc2Br)cc(C)c1F. The lowest BCUT2D eigenvalue weighted by molar-refractivity contribution is 0.607. The normalized spacial score (nSPS) is 12.5. The highest BCUT2D eigenvalue weighted by Gasteiger charge is 2.14. The van der Waals surface area contributed by atoms with Gasteiger partial charge in [0.25, 0.3) is 0 Å². The highest BCUT2D eigenvalue weighted by Crippen LogP contribution is 2.28. The van der Waals surface area contributed by atoms with E-state index in [9.17, 15) is 4.39 Å². The van der Waals surface area contributed by atoms with Gasteiger partial charge in [0.1, 0.15) is 5.82 Å². The molecule has 0 saturated carbocycles. The minimum absolute atomic E-state index is 0.155. The third-order valence-corrected chi connectivity index (χ3v) is 3.78. The van der Waals surface area contributed by atoms with E-state index < -0.39 is 0 Å². The molecular weight excluding hydrogens is 293 g/mol. The number of hydrogen-bond acceptors (Lipinski definition) is 1. The van der Waals surface area contributed by atoms with Crippen LogP contribution in [-0.4, -0.2) is 0 Å². The molecule has 1 nitrogen and oxygen atoms in total. The minimum Gasteiger partial charge on any atom is -0.320 e. The maximum absolute atomic E-state index is 13.6. The van der Waals surface area contributed by atoms with Crippen molar-refractivity contribution in [3.8, 4) is 0 Å². The predicted octanol–water partition coefficient (Wildman–Crippen LogP) is 4.25. The summed E-state index contributed by atoms with van der Waals surface area (Å²) in [6.07, 6.45) is 0. The summed E-state index contributed by atoms with van der Waals surface area (Å²) >= 11 is 3.49. The summed E-state index contributed by atoms with van der Waals surface area (Å²) in [5, 5.41) is 0. The summed E-state index contributed by atoms with van der Waals surface area (Å²) < 4.78 is 14.6. The quantitative estimate of drug-likeness (QED) is 0.881. The first kappa shape index (κ1) is 13.2. The lowest BCUT2D eigenvalue weighted by atomic mass is 9.96. The molecule has 3 heteroatoms. The smallest absolute Gasteiger partial charge is 0.129 e. The highest BCUT2D eigenvalue weighted by atomic mass is 79.9. The molecule has 1 unspecified atom stereocenters. The maximum Gasteiger partial charge on any atom is 0.129 e. The lowest BCUT2D eigenvalue weighted by Crippen LogP contribution is -2.13. The third kappa shape index (κ3) is 2.47. The molecule has 0 aromatic heterocycles. The Morgan fingerprint density at radius 2 is 1.67 bits per heavy atom. The van der Waals surface area contributed by atoms with Crippen molar-refractivity contribution < 1.29 is 4.39 Å². The van der Waals surface area contributed by atoms with E-state index in [1.807, 2.05) is 36.4 Å². The van der Waals surface area contributed by atoms with Crippen molar-refractivity contribution in [3.63, 3.8) is 0 Å². The van der Waals surface area contributed by atoms with Gasteiger partial charge in [-0.05, 0) is 42.2 Å². The number of rotatable bonds is 2. The number of hydrogen-bond donors (Lipinski definition) is 1. The summed E-state index contributed by atoms with van der Waals surface area (Å²) in [6.45, 7) is 3.52. The van der Waals surface area contributed by atoms with E-state index in [0.29, 0.717) is 11.1 Å². The topological polar surface area (TPSA) is 26.0 Å². The van der Waals surface area contributed by atoms with Crippen molar-refractivity contribution >= 4 is 15.9 Å². The van der Waals surface area contributed by atoms with Crippen LogP contribution >= 0.6 is 15.9 Å². The predicted molar refractivity (Wildman–Crippen MR) is 76.0 cm³/mol. The van der Waals surface area contributed by atoms with Gasteiger partial charge in [-0.3, -0.25) is 0 Å². The van der Waals surface area contributed by atoms with E-state index >= 15 is 0 Å². The van der Waals surface area contributed by atoms with Gasteiger partial charge in [0, 0.05) is 4.47 Å². The Bertz CT molecular complexity index is 557. The summed E-state index contributed by atoms with van der Waals surface area (Å²) in [5.74, 6) is -0.155. The van der Waals surface area contributed by atoms with Gasteiger partial charge in [-0.2, -0.15) is 0 Å². The van der Waals surface area contributed by atoms with Gasteiger partial charge in [0.15, 0.2) is 0 Å². The molecule has 2 aromatic carbocycles. The summed E-state index contributed by atoms with van der Waals surface area (Å²) in [7, 11) is 0. The second-order valence-electron chi connectivity index (χ2n) is 4.47. The standard InChI is InChI=1S/C15H15BrFN/c1-9-7-11(8-10(2)14(9)17)15(18)12-5-3-4-6-13(12)16/h3-8,15H,18H2,1-2H3. The largest absolute Gasteiger partial charge is 0.320 e. The van der Waals surface area contributed by atoms with Crippen molar-refractivity contribution in [3.05, 3.63) is 68.9 Å². The van der Waals surface area contributed by atoms with Crippen molar-refractivity contribution in [1.82, 2.24) is 0 Å². The molecule has 0 amide bonds. The summed E-state index contributed by atoms with van der Waals surface area (Å²) in [5.41, 5.74) is 9.45. The molecule has 2 aromatic rings. The highest BCUT2D eigenvalue weighted by molar-refractivity contribution is 9.10. The molecule has 0 bridgehead atoms. The summed E-state index contributed by atoms with van der Waals surface area (Å²) in [4.78, 5) is 0. The molecule has 2 rings (SSSR count). The van der Waals surface area contributed by atoms with Crippen LogP contribution in [-0.2, 0) is 0 Å². The average Bonchev–Trinajstić information content (AvgIpc) is 2.35.